The monoisotopic (exact) mass is 393 g/mol. The zero-order valence-corrected chi connectivity index (χ0v) is 16.3. The van der Waals surface area contributed by atoms with E-state index in [-0.39, 0.29) is 13.0 Å². The molecule has 6 heteroatoms. The highest BCUT2D eigenvalue weighted by molar-refractivity contribution is 6.18. The summed E-state index contributed by atoms with van der Waals surface area (Å²) in [4.78, 5) is 36.8. The molecule has 0 unspecified atom stereocenters. The second kappa shape index (κ2) is 8.73. The summed E-state index contributed by atoms with van der Waals surface area (Å²) in [6.45, 7) is 3.50. The third-order valence-corrected chi connectivity index (χ3v) is 4.88. The maximum absolute atomic E-state index is 13.2. The molecule has 3 aromatic rings. The highest BCUT2D eigenvalue weighted by Gasteiger charge is 2.28. The van der Waals surface area contributed by atoms with E-state index >= 15 is 0 Å². The van der Waals surface area contributed by atoms with Crippen molar-refractivity contribution in [2.45, 2.75) is 26.3 Å². The fraction of sp³-hybridized carbons (Fsp3) is 0.261. The van der Waals surface area contributed by atoms with Crippen LogP contribution >= 0.6 is 0 Å². The second-order valence-electron chi connectivity index (χ2n) is 6.95. The average Bonchev–Trinajstić information content (AvgIpc) is 2.71. The Hall–Kier alpha value is -3.41. The Morgan fingerprint density at radius 3 is 2.07 bits per heavy atom. The van der Waals surface area contributed by atoms with Crippen molar-refractivity contribution in [3.8, 4) is 0 Å². The first-order chi connectivity index (χ1) is 13.9. The first kappa shape index (κ1) is 20.3. The van der Waals surface area contributed by atoms with Crippen LogP contribution in [0.2, 0.25) is 0 Å². The van der Waals surface area contributed by atoms with Gasteiger partial charge in [-0.3, -0.25) is 9.59 Å². The van der Waals surface area contributed by atoms with E-state index in [2.05, 4.69) is 5.32 Å². The summed E-state index contributed by atoms with van der Waals surface area (Å²) in [5.41, 5.74) is 0.425. The van der Waals surface area contributed by atoms with E-state index in [9.17, 15) is 19.5 Å². The summed E-state index contributed by atoms with van der Waals surface area (Å²) >= 11 is 0. The Balaban J connectivity index is 1.97. The molecule has 0 aliphatic rings. The molecule has 6 nitrogen and oxygen atoms in total. The quantitative estimate of drug-likeness (QED) is 0.471. The van der Waals surface area contributed by atoms with E-state index in [1.807, 2.05) is 54.6 Å². The number of esters is 1. The van der Waals surface area contributed by atoms with Crippen LogP contribution in [0, 0.1) is 5.92 Å². The number of benzene rings is 3. The predicted octanol–water partition coefficient (Wildman–Crippen LogP) is 3.77. The van der Waals surface area contributed by atoms with Crippen LogP contribution < -0.4 is 5.32 Å². The van der Waals surface area contributed by atoms with Crippen molar-refractivity contribution < 1.29 is 24.2 Å². The zero-order chi connectivity index (χ0) is 21.0. The van der Waals surface area contributed by atoms with E-state index in [1.165, 1.54) is 0 Å². The third kappa shape index (κ3) is 4.37. The Labute approximate surface area is 168 Å². The van der Waals surface area contributed by atoms with Crippen molar-refractivity contribution in [3.05, 3.63) is 60.2 Å². The van der Waals surface area contributed by atoms with Gasteiger partial charge in [0.1, 0.15) is 6.04 Å². The molecule has 0 saturated carbocycles. The lowest BCUT2D eigenvalue weighted by atomic mass is 9.95. The van der Waals surface area contributed by atoms with E-state index in [4.69, 9.17) is 4.74 Å². The summed E-state index contributed by atoms with van der Waals surface area (Å²) in [5, 5.41) is 15.5. The van der Waals surface area contributed by atoms with Gasteiger partial charge in [0.2, 0.25) is 0 Å². The van der Waals surface area contributed by atoms with Crippen LogP contribution in [0.25, 0.3) is 21.5 Å². The number of hydrogen-bond acceptors (Lipinski definition) is 4. The first-order valence-electron chi connectivity index (χ1n) is 9.53. The number of nitrogens with one attached hydrogen (secondary N) is 1. The van der Waals surface area contributed by atoms with Crippen LogP contribution in [0.1, 0.15) is 30.6 Å². The third-order valence-electron chi connectivity index (χ3n) is 4.88. The molecule has 0 aliphatic carbocycles. The number of carboxylic acid groups (broad SMARTS) is 1. The number of fused-ring (bicyclic) bond motifs is 2. The number of rotatable bonds is 7. The number of aliphatic carboxylic acids is 1. The Kier molecular flexibility index (Phi) is 6.12. The van der Waals surface area contributed by atoms with E-state index in [1.54, 1.807) is 13.8 Å². The molecule has 0 fully saturated rings. The van der Waals surface area contributed by atoms with E-state index in [0.717, 1.165) is 21.5 Å². The van der Waals surface area contributed by atoms with Crippen molar-refractivity contribution in [2.75, 3.05) is 6.61 Å². The highest BCUT2D eigenvalue weighted by Crippen LogP contribution is 2.28. The summed E-state index contributed by atoms with van der Waals surface area (Å²) in [5.74, 6) is -2.82. The number of amides is 1. The molecule has 0 heterocycles. The zero-order valence-electron chi connectivity index (χ0n) is 16.3. The molecule has 0 radical (unpaired) electrons. The van der Waals surface area contributed by atoms with E-state index in [0.29, 0.717) is 5.56 Å². The average molecular weight is 393 g/mol. The number of ether oxygens (including phenoxy) is 1. The molecule has 150 valence electrons. The van der Waals surface area contributed by atoms with Gasteiger partial charge in [-0.25, -0.2) is 4.79 Å². The molecule has 3 aromatic carbocycles. The minimum absolute atomic E-state index is 0.0530. The largest absolute Gasteiger partial charge is 0.480 e. The van der Waals surface area contributed by atoms with Gasteiger partial charge in [-0.05, 0) is 41.0 Å². The smallest absolute Gasteiger partial charge is 0.326 e. The maximum atomic E-state index is 13.2. The van der Waals surface area contributed by atoms with Gasteiger partial charge in [0.25, 0.3) is 5.91 Å². The number of carbonyl (C=O) groups excluding carboxylic acids is 2. The summed E-state index contributed by atoms with van der Waals surface area (Å²) in [7, 11) is 0. The van der Waals surface area contributed by atoms with Crippen LogP contribution in [0.15, 0.2) is 54.6 Å². The molecule has 0 spiro atoms. The first-order valence-corrected chi connectivity index (χ1v) is 9.53. The van der Waals surface area contributed by atoms with Gasteiger partial charge < -0.3 is 15.2 Å². The van der Waals surface area contributed by atoms with Crippen molar-refractivity contribution in [2.24, 2.45) is 5.92 Å². The van der Waals surface area contributed by atoms with Gasteiger partial charge in [0, 0.05) is 0 Å². The fourth-order valence-corrected chi connectivity index (χ4v) is 3.44. The van der Waals surface area contributed by atoms with Gasteiger partial charge >= 0.3 is 11.9 Å². The van der Waals surface area contributed by atoms with Gasteiger partial charge in [0.15, 0.2) is 0 Å². The molecule has 0 aromatic heterocycles. The minimum atomic E-state index is -1.21. The SMILES string of the molecule is CCOC(=O)[C@@H](C)C[C@H](NC(=O)c1c2ccccc2cc2ccccc12)C(=O)O. The number of hydrogen-bond donors (Lipinski definition) is 2. The van der Waals surface area contributed by atoms with Crippen molar-refractivity contribution >= 4 is 39.4 Å². The Bertz CT molecular complexity index is 1020. The topological polar surface area (TPSA) is 92.7 Å². The summed E-state index contributed by atoms with van der Waals surface area (Å²) in [6.07, 6.45) is -0.0530. The van der Waals surface area contributed by atoms with Gasteiger partial charge in [0.05, 0.1) is 18.1 Å². The van der Waals surface area contributed by atoms with Gasteiger partial charge in [-0.15, -0.1) is 0 Å². The lowest BCUT2D eigenvalue weighted by Crippen LogP contribution is -2.43. The molecule has 2 atom stereocenters. The lowest BCUT2D eigenvalue weighted by molar-refractivity contribution is -0.148. The van der Waals surface area contributed by atoms with Crippen molar-refractivity contribution in [1.29, 1.82) is 0 Å². The van der Waals surface area contributed by atoms with Crippen molar-refractivity contribution in [1.82, 2.24) is 5.32 Å². The van der Waals surface area contributed by atoms with Crippen LogP contribution in [0.5, 0.6) is 0 Å². The molecular formula is C23H23NO5. The van der Waals surface area contributed by atoms with E-state index < -0.39 is 29.8 Å². The van der Waals surface area contributed by atoms with Gasteiger partial charge in [-0.2, -0.15) is 0 Å². The van der Waals surface area contributed by atoms with Crippen LogP contribution in [0.3, 0.4) is 0 Å². The normalized spacial score (nSPS) is 13.0. The van der Waals surface area contributed by atoms with Crippen LogP contribution in [-0.4, -0.2) is 35.6 Å². The summed E-state index contributed by atoms with van der Waals surface area (Å²) < 4.78 is 4.94. The fourth-order valence-electron chi connectivity index (χ4n) is 3.44. The van der Waals surface area contributed by atoms with Crippen LogP contribution in [0.4, 0.5) is 0 Å². The minimum Gasteiger partial charge on any atom is -0.480 e. The molecule has 3 rings (SSSR count). The van der Waals surface area contributed by atoms with Gasteiger partial charge in [-0.1, -0.05) is 55.5 Å². The molecular weight excluding hydrogens is 370 g/mol. The molecule has 0 bridgehead atoms. The number of carbonyl (C=O) groups is 3. The lowest BCUT2D eigenvalue weighted by Gasteiger charge is -2.19. The standard InChI is InChI=1S/C23H23NO5/c1-3-29-23(28)14(2)12-19(22(26)27)24-21(25)20-17-10-6-4-8-15(17)13-16-9-5-7-11-18(16)20/h4-11,13-14,19H,3,12H2,1-2H3,(H,24,25)(H,26,27)/t14-,19-/m0/s1. The molecule has 29 heavy (non-hydrogen) atoms. The highest BCUT2D eigenvalue weighted by atomic mass is 16.5. The Morgan fingerprint density at radius 2 is 1.55 bits per heavy atom. The number of carboxylic acids is 1. The molecule has 0 aliphatic heterocycles. The van der Waals surface area contributed by atoms with Crippen molar-refractivity contribution in [3.63, 3.8) is 0 Å². The predicted molar refractivity (Wildman–Crippen MR) is 111 cm³/mol. The van der Waals surface area contributed by atoms with Crippen LogP contribution in [-0.2, 0) is 14.3 Å². The Morgan fingerprint density at radius 1 is 1.00 bits per heavy atom. The molecule has 0 saturated heterocycles. The summed E-state index contributed by atoms with van der Waals surface area (Å²) in [6, 6.07) is 15.8. The molecule has 1 amide bonds. The second-order valence-corrected chi connectivity index (χ2v) is 6.95. The molecule has 2 N–H and O–H groups in total. The maximum Gasteiger partial charge on any atom is 0.326 e.